The largest absolute Gasteiger partial charge is 0.456 e. The van der Waals surface area contributed by atoms with Crippen LogP contribution in [0.25, 0.3) is 94.0 Å². The summed E-state index contributed by atoms with van der Waals surface area (Å²) < 4.78 is 16.0. The van der Waals surface area contributed by atoms with Gasteiger partial charge in [0.25, 0.3) is 0 Å². The fraction of sp³-hybridized carbons (Fsp3) is 0.138. The lowest BCUT2D eigenvalue weighted by Crippen LogP contribution is -2.37. The molecule has 0 fully saturated rings. The number of aromatic nitrogens is 1. The first-order valence-electron chi connectivity index (χ1n) is 22.0. The van der Waals surface area contributed by atoms with E-state index in [0.29, 0.717) is 0 Å². The molecule has 5 heteroatoms. The molecule has 0 saturated carbocycles. The van der Waals surface area contributed by atoms with Gasteiger partial charge in [0.2, 0.25) is 0 Å². The smallest absolute Gasteiger partial charge is 0.198 e. The standard InChI is InChI=1S/C58H46BN2O2/c1-57(2,3)36-21-24-38(25-22-36)60-47-28-23-37(58(4,5)6)29-42(47)40-26-27-41-43-30-44-39-19-13-14-20-50(39)62-52(44)33-48(43)61-49-31-45-51(32-46(49)59-54(40)55(41)61)63-56(35-17-11-8-12-18-35)53(45)34-15-9-7-10-16-34/h7-33,60H,1-6H3. The summed E-state index contributed by atoms with van der Waals surface area (Å²) in [4.78, 5) is 0. The molecule has 1 N–H and O–H groups in total. The Morgan fingerprint density at radius 2 is 1.17 bits per heavy atom. The predicted molar refractivity (Wildman–Crippen MR) is 266 cm³/mol. The Kier molecular flexibility index (Phi) is 8.12. The van der Waals surface area contributed by atoms with Crippen molar-refractivity contribution in [3.05, 3.63) is 175 Å². The van der Waals surface area contributed by atoms with E-state index in [4.69, 9.17) is 8.83 Å². The van der Waals surface area contributed by atoms with Crippen LogP contribution >= 0.6 is 0 Å². The maximum absolute atomic E-state index is 6.96. The second kappa shape index (κ2) is 13.6. The van der Waals surface area contributed by atoms with Gasteiger partial charge in [0.1, 0.15) is 22.5 Å². The molecule has 1 aliphatic heterocycles. The summed E-state index contributed by atoms with van der Waals surface area (Å²) in [6, 6.07) is 59.2. The van der Waals surface area contributed by atoms with Crippen molar-refractivity contribution >= 4 is 84.3 Å². The molecular weight excluding hydrogens is 767 g/mol. The van der Waals surface area contributed by atoms with Crippen molar-refractivity contribution in [3.8, 4) is 39.3 Å². The summed E-state index contributed by atoms with van der Waals surface area (Å²) >= 11 is 0. The van der Waals surface area contributed by atoms with Gasteiger partial charge in [-0.3, -0.25) is 0 Å². The van der Waals surface area contributed by atoms with Gasteiger partial charge in [-0.25, -0.2) is 0 Å². The lowest BCUT2D eigenvalue weighted by molar-refractivity contribution is 0.590. The zero-order valence-electron chi connectivity index (χ0n) is 36.4. The fourth-order valence-electron chi connectivity index (χ4n) is 9.83. The van der Waals surface area contributed by atoms with Gasteiger partial charge in [-0.05, 0) is 87.1 Å². The number of anilines is 2. The molecule has 12 rings (SSSR count). The second-order valence-corrected chi connectivity index (χ2v) is 19.3. The zero-order valence-corrected chi connectivity index (χ0v) is 36.4. The van der Waals surface area contributed by atoms with E-state index < -0.39 is 0 Å². The molecule has 0 bridgehead atoms. The van der Waals surface area contributed by atoms with Gasteiger partial charge >= 0.3 is 0 Å². The van der Waals surface area contributed by atoms with E-state index in [1.807, 2.05) is 6.07 Å². The average molecular weight is 814 g/mol. The summed E-state index contributed by atoms with van der Waals surface area (Å²) in [6.07, 6.45) is 0. The van der Waals surface area contributed by atoms with Crippen LogP contribution in [0.3, 0.4) is 0 Å². The van der Waals surface area contributed by atoms with Gasteiger partial charge in [-0.2, -0.15) is 0 Å². The predicted octanol–water partition coefficient (Wildman–Crippen LogP) is 14.7. The molecular formula is C58H46BN2O2. The molecule has 63 heavy (non-hydrogen) atoms. The lowest BCUT2D eigenvalue weighted by atomic mass is 9.59. The number of hydrogen-bond donors (Lipinski definition) is 1. The average Bonchev–Trinajstić information content (AvgIpc) is 3.95. The molecule has 4 nitrogen and oxygen atoms in total. The minimum Gasteiger partial charge on any atom is -0.456 e. The van der Waals surface area contributed by atoms with Crippen LogP contribution < -0.4 is 16.2 Å². The van der Waals surface area contributed by atoms with Crippen LogP contribution in [0.5, 0.6) is 0 Å². The van der Waals surface area contributed by atoms with Gasteiger partial charge in [-0.1, -0.05) is 156 Å². The number of fused-ring (bicyclic) bond motifs is 9. The molecule has 1 aliphatic rings. The Balaban J connectivity index is 1.15. The number of para-hydroxylation sites is 1. The number of hydrogen-bond acceptors (Lipinski definition) is 3. The van der Waals surface area contributed by atoms with Crippen molar-refractivity contribution in [3.63, 3.8) is 0 Å². The van der Waals surface area contributed by atoms with E-state index in [2.05, 4.69) is 216 Å². The fourth-order valence-corrected chi connectivity index (χ4v) is 9.83. The third-order valence-electron chi connectivity index (χ3n) is 13.1. The normalized spacial score (nSPS) is 12.7. The van der Waals surface area contributed by atoms with Crippen LogP contribution in [-0.4, -0.2) is 11.8 Å². The van der Waals surface area contributed by atoms with Crippen LogP contribution in [0, 0.1) is 0 Å². The molecule has 11 aromatic rings. The molecule has 3 aromatic heterocycles. The highest BCUT2D eigenvalue weighted by atomic mass is 16.3. The highest BCUT2D eigenvalue weighted by Gasteiger charge is 2.30. The van der Waals surface area contributed by atoms with E-state index in [1.165, 1.54) is 38.4 Å². The van der Waals surface area contributed by atoms with E-state index in [1.54, 1.807) is 0 Å². The topological polar surface area (TPSA) is 43.2 Å². The van der Waals surface area contributed by atoms with Crippen LogP contribution in [0.15, 0.2) is 173 Å². The molecule has 0 aliphatic carbocycles. The SMILES string of the molecule is CC(C)(C)c1ccc(Nc2ccc(C(C)(C)C)cc2-c2ccc3c4cc5c(cc4n4c3c2[B]c2cc3oc(-c6ccccc6)c(-c6ccccc6)c3cc2-4)oc2ccccc25)cc1. The maximum Gasteiger partial charge on any atom is 0.198 e. The molecule has 0 saturated heterocycles. The minimum atomic E-state index is -0.0527. The van der Waals surface area contributed by atoms with Crippen LogP contribution in [0.4, 0.5) is 11.4 Å². The first kappa shape index (κ1) is 37.5. The van der Waals surface area contributed by atoms with Crippen molar-refractivity contribution in [1.29, 1.82) is 0 Å². The van der Waals surface area contributed by atoms with Crippen LogP contribution in [0.1, 0.15) is 52.7 Å². The summed E-state index contributed by atoms with van der Waals surface area (Å²) in [5.74, 6) is 0.870. The van der Waals surface area contributed by atoms with Crippen molar-refractivity contribution in [2.45, 2.75) is 52.4 Å². The van der Waals surface area contributed by atoms with Gasteiger partial charge in [-0.15, -0.1) is 0 Å². The summed E-state index contributed by atoms with van der Waals surface area (Å²) in [7, 11) is 2.39. The second-order valence-electron chi connectivity index (χ2n) is 19.3. The van der Waals surface area contributed by atoms with Crippen molar-refractivity contribution in [2.75, 3.05) is 5.32 Å². The van der Waals surface area contributed by atoms with Gasteiger partial charge < -0.3 is 18.7 Å². The number of nitrogens with one attached hydrogen (secondary N) is 1. The van der Waals surface area contributed by atoms with Crippen molar-refractivity contribution in [2.24, 2.45) is 0 Å². The van der Waals surface area contributed by atoms with Gasteiger partial charge in [0, 0.05) is 72.3 Å². The van der Waals surface area contributed by atoms with E-state index in [9.17, 15) is 0 Å². The Morgan fingerprint density at radius 1 is 0.492 bits per heavy atom. The van der Waals surface area contributed by atoms with E-state index in [0.717, 1.165) is 89.0 Å². The lowest BCUT2D eigenvalue weighted by Gasteiger charge is -2.26. The summed E-state index contributed by atoms with van der Waals surface area (Å²) in [5.41, 5.74) is 18.6. The first-order valence-corrected chi connectivity index (χ1v) is 22.0. The third kappa shape index (κ3) is 5.97. The molecule has 0 atom stereocenters. The quantitative estimate of drug-likeness (QED) is 0.176. The molecule has 303 valence electrons. The number of benzene rings is 8. The number of nitrogens with zero attached hydrogens (tertiary/aromatic N) is 1. The van der Waals surface area contributed by atoms with Gasteiger partial charge in [0.15, 0.2) is 7.28 Å². The zero-order chi connectivity index (χ0) is 42.8. The third-order valence-corrected chi connectivity index (χ3v) is 13.1. The highest BCUT2D eigenvalue weighted by Crippen LogP contribution is 2.45. The Bertz CT molecular complexity index is 3610. The van der Waals surface area contributed by atoms with Crippen LogP contribution in [0.2, 0.25) is 0 Å². The van der Waals surface area contributed by atoms with Crippen LogP contribution in [-0.2, 0) is 10.8 Å². The highest BCUT2D eigenvalue weighted by molar-refractivity contribution is 6.73. The Labute approximate surface area is 368 Å². The molecule has 8 aromatic carbocycles. The maximum atomic E-state index is 6.96. The minimum absolute atomic E-state index is 0.0527. The van der Waals surface area contributed by atoms with Crippen molar-refractivity contribution in [1.82, 2.24) is 4.57 Å². The summed E-state index contributed by atoms with van der Waals surface area (Å²) in [5, 5.41) is 9.58. The summed E-state index contributed by atoms with van der Waals surface area (Å²) in [6.45, 7) is 13.7. The molecule has 0 amide bonds. The first-order chi connectivity index (χ1) is 30.5. The molecule has 4 heterocycles. The molecule has 0 spiro atoms. The number of rotatable bonds is 5. The van der Waals surface area contributed by atoms with Crippen molar-refractivity contribution < 1.29 is 8.83 Å². The molecule has 0 unspecified atom stereocenters. The Hall–Kier alpha value is -7.24. The monoisotopic (exact) mass is 813 g/mol. The number of furan rings is 2. The van der Waals surface area contributed by atoms with E-state index >= 15 is 0 Å². The molecule has 1 radical (unpaired) electrons. The van der Waals surface area contributed by atoms with E-state index in [-0.39, 0.29) is 10.8 Å². The Morgan fingerprint density at radius 3 is 1.92 bits per heavy atom. The van der Waals surface area contributed by atoms with Gasteiger partial charge in [0.05, 0.1) is 5.52 Å².